The zero-order valence-corrected chi connectivity index (χ0v) is 8.81. The Hall–Kier alpha value is -0.600. The minimum Gasteiger partial charge on any atom is -0.321 e. The predicted octanol–water partition coefficient (Wildman–Crippen LogP) is 3.06. The molecule has 2 N–H and O–H groups in total. The second kappa shape index (κ2) is 3.21. The van der Waals surface area contributed by atoms with E-state index in [0.29, 0.717) is 10.9 Å². The molecule has 1 aromatic carbocycles. The summed E-state index contributed by atoms with van der Waals surface area (Å²) >= 11 is 5.97. The first-order chi connectivity index (χ1) is 6.54. The molecule has 0 amide bonds. The smallest absolute Gasteiger partial charge is 0.124 e. The first kappa shape index (κ1) is 9.94. The largest absolute Gasteiger partial charge is 0.321 e. The zero-order chi connectivity index (χ0) is 10.3. The van der Waals surface area contributed by atoms with Crippen molar-refractivity contribution >= 4 is 11.6 Å². The molecule has 0 radical (unpaired) electrons. The first-order valence-corrected chi connectivity index (χ1v) is 5.16. The van der Waals surface area contributed by atoms with E-state index >= 15 is 0 Å². The van der Waals surface area contributed by atoms with Crippen LogP contribution in [0.1, 0.15) is 25.3 Å². The summed E-state index contributed by atoms with van der Waals surface area (Å²) < 4.78 is 12.8. The van der Waals surface area contributed by atoms with Crippen molar-refractivity contribution in [1.82, 2.24) is 0 Å². The summed E-state index contributed by atoms with van der Waals surface area (Å²) in [4.78, 5) is 0. The van der Waals surface area contributed by atoms with E-state index in [-0.39, 0.29) is 11.4 Å². The van der Waals surface area contributed by atoms with E-state index in [9.17, 15) is 4.39 Å². The molecule has 1 nitrogen and oxygen atoms in total. The van der Waals surface area contributed by atoms with Crippen molar-refractivity contribution in [1.29, 1.82) is 0 Å². The number of hydrogen-bond donors (Lipinski definition) is 1. The van der Waals surface area contributed by atoms with Gasteiger partial charge in [-0.2, -0.15) is 0 Å². The summed E-state index contributed by atoms with van der Waals surface area (Å²) in [6, 6.07) is 4.45. The zero-order valence-electron chi connectivity index (χ0n) is 8.06. The van der Waals surface area contributed by atoms with Gasteiger partial charge in [0.2, 0.25) is 0 Å². The van der Waals surface area contributed by atoms with Crippen LogP contribution in [-0.2, 0) is 5.54 Å². The lowest BCUT2D eigenvalue weighted by atomic mass is 9.64. The van der Waals surface area contributed by atoms with Gasteiger partial charge in [-0.05, 0) is 36.5 Å². The fourth-order valence-corrected chi connectivity index (χ4v) is 2.35. The van der Waals surface area contributed by atoms with Crippen LogP contribution in [0.15, 0.2) is 18.2 Å². The van der Waals surface area contributed by atoms with Gasteiger partial charge < -0.3 is 5.73 Å². The van der Waals surface area contributed by atoms with Gasteiger partial charge in [-0.3, -0.25) is 0 Å². The van der Waals surface area contributed by atoms with Gasteiger partial charge in [0.15, 0.2) is 0 Å². The van der Waals surface area contributed by atoms with Gasteiger partial charge in [0, 0.05) is 10.6 Å². The Morgan fingerprint density at radius 3 is 2.71 bits per heavy atom. The molecule has 1 fully saturated rings. The van der Waals surface area contributed by atoms with Crippen molar-refractivity contribution in [2.24, 2.45) is 11.7 Å². The van der Waals surface area contributed by atoms with E-state index in [1.165, 1.54) is 12.1 Å². The molecular formula is C11H13ClFN. The summed E-state index contributed by atoms with van der Waals surface area (Å²) in [6.45, 7) is 2.10. The summed E-state index contributed by atoms with van der Waals surface area (Å²) in [5.41, 5.74) is 6.74. The Bertz CT molecular complexity index is 366. The van der Waals surface area contributed by atoms with Crippen molar-refractivity contribution in [3.05, 3.63) is 34.6 Å². The van der Waals surface area contributed by atoms with E-state index in [1.807, 2.05) is 0 Å². The van der Waals surface area contributed by atoms with Crippen LogP contribution in [0, 0.1) is 11.7 Å². The van der Waals surface area contributed by atoms with E-state index in [4.69, 9.17) is 17.3 Å². The molecule has 76 valence electrons. The van der Waals surface area contributed by atoms with Crippen molar-refractivity contribution in [3.63, 3.8) is 0 Å². The van der Waals surface area contributed by atoms with Crippen LogP contribution >= 0.6 is 11.6 Å². The predicted molar refractivity (Wildman–Crippen MR) is 55.7 cm³/mol. The molecule has 0 heterocycles. The van der Waals surface area contributed by atoms with Gasteiger partial charge >= 0.3 is 0 Å². The highest BCUT2D eigenvalue weighted by molar-refractivity contribution is 6.31. The first-order valence-electron chi connectivity index (χ1n) is 4.78. The Balaban J connectivity index is 2.41. The van der Waals surface area contributed by atoms with Crippen LogP contribution in [0.4, 0.5) is 4.39 Å². The van der Waals surface area contributed by atoms with Gasteiger partial charge in [0.1, 0.15) is 5.82 Å². The second-order valence-corrected chi connectivity index (χ2v) is 4.51. The molecule has 2 atom stereocenters. The third-order valence-electron chi connectivity index (χ3n) is 3.30. The molecular weight excluding hydrogens is 201 g/mol. The Labute approximate surface area is 88.1 Å². The lowest BCUT2D eigenvalue weighted by Gasteiger charge is -2.46. The maximum Gasteiger partial charge on any atom is 0.124 e. The van der Waals surface area contributed by atoms with E-state index < -0.39 is 0 Å². The van der Waals surface area contributed by atoms with Gasteiger partial charge in [0.05, 0.1) is 0 Å². The van der Waals surface area contributed by atoms with E-state index in [1.54, 1.807) is 6.07 Å². The Kier molecular flexibility index (Phi) is 2.28. The normalized spacial score (nSPS) is 31.3. The molecule has 1 aromatic rings. The average molecular weight is 214 g/mol. The maximum absolute atomic E-state index is 12.8. The molecule has 0 spiro atoms. The van der Waals surface area contributed by atoms with Crippen LogP contribution in [-0.4, -0.2) is 0 Å². The van der Waals surface area contributed by atoms with Crippen LogP contribution in [0.5, 0.6) is 0 Å². The number of rotatable bonds is 1. The highest BCUT2D eigenvalue weighted by atomic mass is 35.5. The molecule has 1 aliphatic rings. The molecule has 0 aromatic heterocycles. The lowest BCUT2D eigenvalue weighted by molar-refractivity contribution is 0.145. The molecule has 0 saturated heterocycles. The van der Waals surface area contributed by atoms with Crippen LogP contribution < -0.4 is 5.73 Å². The number of nitrogens with two attached hydrogens (primary N) is 1. The standard InChI is InChI=1S/C11H13ClFN/c1-7-4-5-11(7,14)9-3-2-8(13)6-10(9)12/h2-3,6-7H,4-5,14H2,1H3. The molecule has 2 rings (SSSR count). The summed E-state index contributed by atoms with van der Waals surface area (Å²) in [6.07, 6.45) is 2.05. The average Bonchev–Trinajstić information content (AvgIpc) is 2.14. The fraction of sp³-hybridized carbons (Fsp3) is 0.455. The van der Waals surface area contributed by atoms with Crippen molar-refractivity contribution < 1.29 is 4.39 Å². The van der Waals surface area contributed by atoms with E-state index in [2.05, 4.69) is 6.92 Å². The van der Waals surface area contributed by atoms with Crippen LogP contribution in [0.3, 0.4) is 0 Å². The summed E-state index contributed by atoms with van der Waals surface area (Å²) in [7, 11) is 0. The maximum atomic E-state index is 12.8. The molecule has 1 saturated carbocycles. The highest BCUT2D eigenvalue weighted by Crippen LogP contribution is 2.46. The molecule has 0 bridgehead atoms. The topological polar surface area (TPSA) is 26.0 Å². The van der Waals surface area contributed by atoms with Gasteiger partial charge in [-0.15, -0.1) is 0 Å². The van der Waals surface area contributed by atoms with Crippen molar-refractivity contribution in [2.75, 3.05) is 0 Å². The van der Waals surface area contributed by atoms with Crippen LogP contribution in [0.2, 0.25) is 5.02 Å². The van der Waals surface area contributed by atoms with E-state index in [0.717, 1.165) is 18.4 Å². The highest BCUT2D eigenvalue weighted by Gasteiger charge is 2.42. The molecule has 1 aliphatic carbocycles. The summed E-state index contributed by atoms with van der Waals surface area (Å²) in [5.74, 6) is 0.111. The Morgan fingerprint density at radius 1 is 1.57 bits per heavy atom. The second-order valence-electron chi connectivity index (χ2n) is 4.10. The molecule has 0 aliphatic heterocycles. The summed E-state index contributed by atoms with van der Waals surface area (Å²) in [5, 5.41) is 0.444. The van der Waals surface area contributed by atoms with Gasteiger partial charge in [0.25, 0.3) is 0 Å². The number of halogens is 2. The minimum atomic E-state index is -0.342. The molecule has 14 heavy (non-hydrogen) atoms. The third kappa shape index (κ3) is 1.33. The van der Waals surface area contributed by atoms with Gasteiger partial charge in [-0.25, -0.2) is 4.39 Å². The third-order valence-corrected chi connectivity index (χ3v) is 3.62. The van der Waals surface area contributed by atoms with Gasteiger partial charge in [-0.1, -0.05) is 24.6 Å². The minimum absolute atomic E-state index is 0.311. The quantitative estimate of drug-likeness (QED) is 0.763. The van der Waals surface area contributed by atoms with Crippen molar-refractivity contribution in [2.45, 2.75) is 25.3 Å². The molecule has 3 heteroatoms. The van der Waals surface area contributed by atoms with Crippen LogP contribution in [0.25, 0.3) is 0 Å². The number of benzene rings is 1. The monoisotopic (exact) mass is 213 g/mol. The SMILES string of the molecule is CC1CCC1(N)c1ccc(F)cc1Cl. The van der Waals surface area contributed by atoms with Crippen molar-refractivity contribution in [3.8, 4) is 0 Å². The lowest BCUT2D eigenvalue weighted by Crippen LogP contribution is -2.50. The fourth-order valence-electron chi connectivity index (χ4n) is 2.01. The number of hydrogen-bond acceptors (Lipinski definition) is 1. The molecule has 2 unspecified atom stereocenters. The Morgan fingerprint density at radius 2 is 2.29 bits per heavy atom.